The summed E-state index contributed by atoms with van der Waals surface area (Å²) < 4.78 is 8.16. The van der Waals surface area contributed by atoms with Gasteiger partial charge < -0.3 is 10.6 Å². The highest BCUT2D eigenvalue weighted by Gasteiger charge is 2.20. The van der Waals surface area contributed by atoms with Crippen LogP contribution in [-0.2, 0) is 7.05 Å². The number of hydrogen-bond donors (Lipinski definition) is 2. The van der Waals surface area contributed by atoms with Crippen LogP contribution in [0.25, 0.3) is 17.0 Å². The fourth-order valence-electron chi connectivity index (χ4n) is 3.48. The molecular formula is C22H20N8O2. The second-order valence-corrected chi connectivity index (χ2v) is 7.33. The molecule has 5 rings (SSSR count). The number of nitrogens with zero attached hydrogens (tertiary/aromatic N) is 6. The second-order valence-electron chi connectivity index (χ2n) is 7.33. The number of hydrogen-bond acceptors (Lipinski definition) is 8. The van der Waals surface area contributed by atoms with E-state index in [4.69, 9.17) is 4.63 Å². The van der Waals surface area contributed by atoms with Crippen molar-refractivity contribution < 1.29 is 4.63 Å². The summed E-state index contributed by atoms with van der Waals surface area (Å²) in [6.07, 6.45) is 0. The van der Waals surface area contributed by atoms with E-state index in [0.29, 0.717) is 17.3 Å². The van der Waals surface area contributed by atoms with Gasteiger partial charge in [0.15, 0.2) is 11.6 Å². The fourth-order valence-corrected chi connectivity index (χ4v) is 3.48. The van der Waals surface area contributed by atoms with Crippen molar-refractivity contribution in [1.82, 2.24) is 29.6 Å². The average molecular weight is 428 g/mol. The van der Waals surface area contributed by atoms with Crippen molar-refractivity contribution in [2.24, 2.45) is 7.05 Å². The molecule has 0 fully saturated rings. The first-order valence-corrected chi connectivity index (χ1v) is 9.97. The monoisotopic (exact) mass is 428 g/mol. The molecule has 0 bridgehead atoms. The van der Waals surface area contributed by atoms with Crippen LogP contribution in [0.5, 0.6) is 0 Å². The molecule has 2 N–H and O–H groups in total. The number of aryl methyl sites for hydroxylation is 1. The molecule has 2 aromatic carbocycles. The smallest absolute Gasteiger partial charge is 0.295 e. The summed E-state index contributed by atoms with van der Waals surface area (Å²) in [6, 6.07) is 17.2. The zero-order valence-electron chi connectivity index (χ0n) is 17.7. The largest absolute Gasteiger partial charge is 0.337 e. The number of nitrogens with one attached hydrogen (secondary N) is 2. The molecule has 32 heavy (non-hydrogen) atoms. The SMILES string of the molecule is Cc1ccccc1Nc1nc2nonc2nc1Nc1c(C)n(C)n(-c2ccccc2)c1=O. The van der Waals surface area contributed by atoms with Crippen LogP contribution in [0.3, 0.4) is 0 Å². The first kappa shape index (κ1) is 19.5. The molecule has 5 aromatic rings. The van der Waals surface area contributed by atoms with Gasteiger partial charge in [-0.25, -0.2) is 19.3 Å². The Kier molecular flexibility index (Phi) is 4.66. The normalized spacial score (nSPS) is 11.1. The number of aromatic nitrogens is 6. The van der Waals surface area contributed by atoms with Gasteiger partial charge in [-0.05, 0) is 47.9 Å². The fraction of sp³-hybridized carbons (Fsp3) is 0.136. The Bertz CT molecular complexity index is 1480. The van der Waals surface area contributed by atoms with Gasteiger partial charge in [0.2, 0.25) is 11.3 Å². The van der Waals surface area contributed by atoms with E-state index in [1.165, 1.54) is 0 Å². The maximum absolute atomic E-state index is 13.3. The molecule has 3 aromatic heterocycles. The van der Waals surface area contributed by atoms with Gasteiger partial charge in [-0.15, -0.1) is 0 Å². The van der Waals surface area contributed by atoms with E-state index in [-0.39, 0.29) is 16.9 Å². The molecule has 0 saturated carbocycles. The van der Waals surface area contributed by atoms with Crippen LogP contribution in [0.2, 0.25) is 0 Å². The third kappa shape index (κ3) is 3.27. The second kappa shape index (κ2) is 7.65. The summed E-state index contributed by atoms with van der Waals surface area (Å²) in [7, 11) is 1.83. The van der Waals surface area contributed by atoms with Gasteiger partial charge in [0.25, 0.3) is 5.56 Å². The molecule has 0 aliphatic heterocycles. The molecular weight excluding hydrogens is 408 g/mol. The van der Waals surface area contributed by atoms with Crippen molar-refractivity contribution in [2.45, 2.75) is 13.8 Å². The van der Waals surface area contributed by atoms with Gasteiger partial charge in [0, 0.05) is 12.7 Å². The summed E-state index contributed by atoms with van der Waals surface area (Å²) in [5, 5.41) is 14.0. The number of benzene rings is 2. The van der Waals surface area contributed by atoms with E-state index in [9.17, 15) is 4.79 Å². The Labute approximate surface area is 182 Å². The predicted molar refractivity (Wildman–Crippen MR) is 121 cm³/mol. The summed E-state index contributed by atoms with van der Waals surface area (Å²) in [5.41, 5.74) is 4.05. The van der Waals surface area contributed by atoms with E-state index in [1.54, 1.807) is 9.36 Å². The van der Waals surface area contributed by atoms with Crippen molar-refractivity contribution in [3.63, 3.8) is 0 Å². The molecule has 0 aliphatic carbocycles. The summed E-state index contributed by atoms with van der Waals surface area (Å²) in [5.74, 6) is 0.735. The van der Waals surface area contributed by atoms with Crippen LogP contribution in [-0.4, -0.2) is 29.6 Å². The van der Waals surface area contributed by atoms with Gasteiger partial charge in [-0.1, -0.05) is 36.4 Å². The van der Waals surface area contributed by atoms with Crippen LogP contribution >= 0.6 is 0 Å². The quantitative estimate of drug-likeness (QED) is 0.436. The van der Waals surface area contributed by atoms with E-state index in [0.717, 1.165) is 22.6 Å². The highest BCUT2D eigenvalue weighted by Crippen LogP contribution is 2.28. The van der Waals surface area contributed by atoms with E-state index in [1.807, 2.05) is 75.5 Å². The minimum absolute atomic E-state index is 0.210. The van der Waals surface area contributed by atoms with Crippen molar-refractivity contribution >= 4 is 34.3 Å². The first-order valence-electron chi connectivity index (χ1n) is 9.97. The number of anilines is 4. The number of rotatable bonds is 5. The molecule has 160 valence electrons. The molecule has 0 atom stereocenters. The van der Waals surface area contributed by atoms with Crippen LogP contribution in [0, 0.1) is 13.8 Å². The Morgan fingerprint density at radius 3 is 2.16 bits per heavy atom. The molecule has 0 spiro atoms. The molecule has 10 nitrogen and oxygen atoms in total. The zero-order chi connectivity index (χ0) is 22.2. The summed E-state index contributed by atoms with van der Waals surface area (Å²) >= 11 is 0. The third-order valence-corrected chi connectivity index (χ3v) is 5.31. The highest BCUT2D eigenvalue weighted by atomic mass is 16.6. The van der Waals surface area contributed by atoms with Gasteiger partial charge in [0.1, 0.15) is 5.69 Å². The number of para-hydroxylation sites is 2. The minimum atomic E-state index is -0.210. The Balaban J connectivity index is 1.62. The lowest BCUT2D eigenvalue weighted by Gasteiger charge is -2.12. The van der Waals surface area contributed by atoms with Gasteiger partial charge >= 0.3 is 0 Å². The van der Waals surface area contributed by atoms with Crippen molar-refractivity contribution in [3.05, 3.63) is 76.2 Å². The minimum Gasteiger partial charge on any atom is -0.337 e. The topological polar surface area (TPSA) is 116 Å². The maximum Gasteiger partial charge on any atom is 0.295 e. The summed E-state index contributed by atoms with van der Waals surface area (Å²) in [4.78, 5) is 22.3. The molecule has 0 aliphatic rings. The third-order valence-electron chi connectivity index (χ3n) is 5.31. The van der Waals surface area contributed by atoms with Crippen molar-refractivity contribution in [1.29, 1.82) is 0 Å². The Morgan fingerprint density at radius 2 is 1.47 bits per heavy atom. The van der Waals surface area contributed by atoms with Gasteiger partial charge in [-0.2, -0.15) is 0 Å². The number of fused-ring (bicyclic) bond motifs is 1. The van der Waals surface area contributed by atoms with Gasteiger partial charge in [-0.3, -0.25) is 9.48 Å². The van der Waals surface area contributed by atoms with Crippen molar-refractivity contribution in [2.75, 3.05) is 10.6 Å². The molecule has 0 radical (unpaired) electrons. The molecule has 0 amide bonds. The lowest BCUT2D eigenvalue weighted by molar-refractivity contribution is 0.314. The first-order chi connectivity index (χ1) is 15.5. The van der Waals surface area contributed by atoms with E-state index < -0.39 is 0 Å². The lowest BCUT2D eigenvalue weighted by Crippen LogP contribution is -2.20. The molecule has 0 unspecified atom stereocenters. The lowest BCUT2D eigenvalue weighted by atomic mass is 10.2. The van der Waals surface area contributed by atoms with Gasteiger partial charge in [0.05, 0.1) is 11.4 Å². The molecule has 10 heteroatoms. The molecule has 0 saturated heterocycles. The summed E-state index contributed by atoms with van der Waals surface area (Å²) in [6.45, 7) is 3.85. The standard InChI is InChI=1S/C22H20N8O2/c1-13-9-7-8-12-16(13)23-18-19(26-21-20(25-18)27-32-28-21)24-17-14(2)29(3)30(22(17)31)15-10-5-4-6-11-15/h4-12H,1-3H3,(H,23,25,27)(H,24,26,28). The Hall–Kier alpha value is -4.47. The zero-order valence-corrected chi connectivity index (χ0v) is 17.7. The van der Waals surface area contributed by atoms with Crippen LogP contribution in [0.15, 0.2) is 64.0 Å². The maximum atomic E-state index is 13.3. The van der Waals surface area contributed by atoms with Crippen molar-refractivity contribution in [3.8, 4) is 5.69 Å². The van der Waals surface area contributed by atoms with Crippen LogP contribution in [0.1, 0.15) is 11.3 Å². The van der Waals surface area contributed by atoms with E-state index >= 15 is 0 Å². The molecule has 3 heterocycles. The van der Waals surface area contributed by atoms with Crippen LogP contribution in [0.4, 0.5) is 23.0 Å². The van der Waals surface area contributed by atoms with E-state index in [2.05, 4.69) is 30.9 Å². The van der Waals surface area contributed by atoms with Crippen LogP contribution < -0.4 is 16.2 Å². The average Bonchev–Trinajstić information content (AvgIpc) is 3.33. The predicted octanol–water partition coefficient (Wildman–Crippen LogP) is 3.61. The Morgan fingerprint density at radius 1 is 0.844 bits per heavy atom. The highest BCUT2D eigenvalue weighted by molar-refractivity contribution is 5.79.